The molecule has 14 heteroatoms. The van der Waals surface area contributed by atoms with Gasteiger partial charge < -0.3 is 34.4 Å². The maximum absolute atomic E-state index is 12.6. The van der Waals surface area contributed by atoms with Gasteiger partial charge in [-0.3, -0.25) is 4.90 Å². The number of carbonyl (C=O) groups excluding carboxylic acids is 3. The summed E-state index contributed by atoms with van der Waals surface area (Å²) in [5.41, 5.74) is -1.12. The van der Waals surface area contributed by atoms with Gasteiger partial charge in [0.25, 0.3) is 0 Å². The van der Waals surface area contributed by atoms with Gasteiger partial charge in [0.05, 0.1) is 17.9 Å². The molecule has 0 heterocycles. The summed E-state index contributed by atoms with van der Waals surface area (Å²) in [4.78, 5) is 34.4. The van der Waals surface area contributed by atoms with Crippen molar-refractivity contribution in [1.82, 2.24) is 4.90 Å². The van der Waals surface area contributed by atoms with Crippen LogP contribution in [0.2, 0.25) is 0 Å². The minimum absolute atomic E-state index is 0. The fraction of sp³-hybridized carbons (Fsp3) is 0.211. The van der Waals surface area contributed by atoms with Crippen molar-refractivity contribution >= 4 is 17.9 Å². The largest absolute Gasteiger partial charge is 1.00 e. The number of carboxylic acid groups (broad SMARTS) is 3. The number of benzene rings is 2. The second-order valence-electron chi connectivity index (χ2n) is 6.13. The van der Waals surface area contributed by atoms with Gasteiger partial charge >= 0.3 is 95.0 Å². The number of para-hydroxylation sites is 1. The van der Waals surface area contributed by atoms with Gasteiger partial charge in [0.2, 0.25) is 0 Å². The third-order valence-electron chi connectivity index (χ3n) is 3.87. The van der Waals surface area contributed by atoms with Crippen LogP contribution < -0.4 is 109 Å². The Kier molecular flexibility index (Phi) is 16.1. The molecule has 8 nitrogen and oxygen atoms in total. The minimum Gasteiger partial charge on any atom is -0.549 e. The first-order chi connectivity index (χ1) is 14.0. The summed E-state index contributed by atoms with van der Waals surface area (Å²) in [6, 6.07) is 8.22. The standard InChI is InChI=1S/C19H16F3NO7.3Na/c20-19(21,22)30-15-4-2-1-3-12(15)9-23(10-16(24)25)8-11-5-6-13(17(26)27)14(7-11)18(28)29;;;/h1-7H,8-10H2,(H,24,25)(H,26,27)(H,28,29);;;/q;3*+1/p-3. The van der Waals surface area contributed by atoms with Crippen LogP contribution in [0.15, 0.2) is 42.5 Å². The molecule has 0 aromatic heterocycles. The third-order valence-corrected chi connectivity index (χ3v) is 3.87. The quantitative estimate of drug-likeness (QED) is 0.315. The zero-order valence-electron chi connectivity index (χ0n) is 18.1. The summed E-state index contributed by atoms with van der Waals surface area (Å²) in [5.74, 6) is -5.59. The maximum atomic E-state index is 12.6. The molecule has 160 valence electrons. The van der Waals surface area contributed by atoms with E-state index in [0.29, 0.717) is 0 Å². The number of aliphatic carboxylic acids is 1. The molecule has 2 aromatic rings. The van der Waals surface area contributed by atoms with Crippen molar-refractivity contribution < 1.29 is 136 Å². The van der Waals surface area contributed by atoms with Crippen LogP contribution in [0.25, 0.3) is 0 Å². The summed E-state index contributed by atoms with van der Waals surface area (Å²) in [6.07, 6.45) is -4.96. The van der Waals surface area contributed by atoms with Crippen LogP contribution in [-0.2, 0) is 17.9 Å². The monoisotopic (exact) mass is 493 g/mol. The Morgan fingerprint density at radius 2 is 1.42 bits per heavy atom. The van der Waals surface area contributed by atoms with E-state index in [-0.39, 0.29) is 113 Å². The fourth-order valence-corrected chi connectivity index (χ4v) is 2.74. The normalized spacial score (nSPS) is 10.3. The van der Waals surface area contributed by atoms with Gasteiger partial charge in [-0.2, -0.15) is 0 Å². The van der Waals surface area contributed by atoms with Crippen molar-refractivity contribution in [2.45, 2.75) is 19.5 Å². The van der Waals surface area contributed by atoms with E-state index in [4.69, 9.17) is 0 Å². The summed E-state index contributed by atoms with van der Waals surface area (Å²) >= 11 is 0. The second kappa shape index (κ2) is 15.4. The first-order valence-corrected chi connectivity index (χ1v) is 8.27. The third kappa shape index (κ3) is 11.6. The molecule has 0 aliphatic carbocycles. The average molecular weight is 493 g/mol. The van der Waals surface area contributed by atoms with Gasteiger partial charge in [-0.15, -0.1) is 13.2 Å². The first-order valence-electron chi connectivity index (χ1n) is 8.27. The summed E-state index contributed by atoms with van der Waals surface area (Å²) in [7, 11) is 0. The van der Waals surface area contributed by atoms with Crippen LogP contribution in [0.3, 0.4) is 0 Å². The molecule has 0 bridgehead atoms. The molecule has 0 aliphatic heterocycles. The van der Waals surface area contributed by atoms with E-state index in [1.165, 1.54) is 24.3 Å². The Hall–Kier alpha value is -0.600. The number of ether oxygens (including phenoxy) is 1. The average Bonchev–Trinajstić information content (AvgIpc) is 2.61. The molecule has 0 unspecified atom stereocenters. The number of hydrogen-bond donors (Lipinski definition) is 0. The molecule has 0 N–H and O–H groups in total. The Morgan fingerprint density at radius 1 is 0.848 bits per heavy atom. The number of nitrogens with zero attached hydrogens (tertiary/aromatic N) is 1. The van der Waals surface area contributed by atoms with E-state index in [1.807, 2.05) is 0 Å². The van der Waals surface area contributed by atoms with Crippen LogP contribution in [-0.4, -0.2) is 35.7 Å². The molecule has 0 saturated heterocycles. The number of alkyl halides is 3. The zero-order valence-corrected chi connectivity index (χ0v) is 24.1. The summed E-state index contributed by atoms with van der Waals surface area (Å²) in [6.45, 7) is -1.27. The van der Waals surface area contributed by atoms with Crippen molar-refractivity contribution in [1.29, 1.82) is 0 Å². The Balaban J connectivity index is 0. The molecular weight excluding hydrogens is 480 g/mol. The molecule has 2 rings (SSSR count). The van der Waals surface area contributed by atoms with Crippen molar-refractivity contribution in [2.24, 2.45) is 0 Å². The molecule has 0 radical (unpaired) electrons. The second-order valence-corrected chi connectivity index (χ2v) is 6.13. The smallest absolute Gasteiger partial charge is 0.549 e. The number of carboxylic acids is 3. The van der Waals surface area contributed by atoms with E-state index in [9.17, 15) is 42.9 Å². The Labute approximate surface area is 253 Å². The van der Waals surface area contributed by atoms with Crippen LogP contribution in [0.1, 0.15) is 31.8 Å². The molecular formula is C19H13F3NNa3O7. The Bertz CT molecular complexity index is 974. The van der Waals surface area contributed by atoms with Gasteiger partial charge in [-0.05, 0) is 17.7 Å². The number of hydrogen-bond acceptors (Lipinski definition) is 8. The van der Waals surface area contributed by atoms with Gasteiger partial charge in [-0.25, -0.2) is 0 Å². The molecule has 0 amide bonds. The van der Waals surface area contributed by atoms with Crippen molar-refractivity contribution in [3.05, 3.63) is 64.7 Å². The van der Waals surface area contributed by atoms with Crippen LogP contribution in [0, 0.1) is 0 Å². The summed E-state index contributed by atoms with van der Waals surface area (Å²) in [5, 5.41) is 33.2. The molecule has 2 aromatic carbocycles. The number of halogens is 3. The number of rotatable bonds is 9. The minimum atomic E-state index is -4.96. The van der Waals surface area contributed by atoms with Crippen LogP contribution >= 0.6 is 0 Å². The molecule has 33 heavy (non-hydrogen) atoms. The fourth-order valence-electron chi connectivity index (χ4n) is 2.74. The maximum Gasteiger partial charge on any atom is 1.00 e. The SMILES string of the molecule is O=C([O-])CN(Cc1ccc(C(=O)[O-])c(C(=O)[O-])c1)Cc1ccccc1OC(F)(F)F.[Na+].[Na+].[Na+]. The van der Waals surface area contributed by atoms with Gasteiger partial charge in [-0.1, -0.05) is 30.3 Å². The molecule has 0 spiro atoms. The predicted octanol–water partition coefficient (Wildman–Crippen LogP) is -9.92. The van der Waals surface area contributed by atoms with E-state index in [2.05, 4.69) is 4.74 Å². The van der Waals surface area contributed by atoms with Gasteiger partial charge in [0.1, 0.15) is 5.75 Å². The molecule has 0 saturated carbocycles. The zero-order chi connectivity index (χ0) is 22.5. The van der Waals surface area contributed by atoms with E-state index in [1.54, 1.807) is 0 Å². The van der Waals surface area contributed by atoms with Crippen LogP contribution in [0.4, 0.5) is 13.2 Å². The van der Waals surface area contributed by atoms with Crippen molar-refractivity contribution in [2.75, 3.05) is 6.54 Å². The first kappa shape index (κ1) is 34.6. The van der Waals surface area contributed by atoms with Crippen LogP contribution in [0.5, 0.6) is 5.75 Å². The van der Waals surface area contributed by atoms with E-state index in [0.717, 1.165) is 23.1 Å². The van der Waals surface area contributed by atoms with E-state index < -0.39 is 47.7 Å². The molecule has 0 atom stereocenters. The number of carbonyl (C=O) groups is 3. The topological polar surface area (TPSA) is 133 Å². The van der Waals surface area contributed by atoms with E-state index >= 15 is 0 Å². The Morgan fingerprint density at radius 3 is 1.94 bits per heavy atom. The molecule has 0 aliphatic rings. The van der Waals surface area contributed by atoms with Crippen molar-refractivity contribution in [3.63, 3.8) is 0 Å². The molecule has 0 fully saturated rings. The summed E-state index contributed by atoms with van der Waals surface area (Å²) < 4.78 is 41.7. The predicted molar refractivity (Wildman–Crippen MR) is 87.3 cm³/mol. The number of aromatic carboxylic acids is 2. The van der Waals surface area contributed by atoms with Gasteiger partial charge in [0, 0.05) is 36.3 Å². The van der Waals surface area contributed by atoms with Crippen molar-refractivity contribution in [3.8, 4) is 5.75 Å². The van der Waals surface area contributed by atoms with Gasteiger partial charge in [0.15, 0.2) is 0 Å².